The number of aliphatic carboxylic acids is 1. The van der Waals surface area contributed by atoms with Crippen LogP contribution in [0.5, 0.6) is 0 Å². The van der Waals surface area contributed by atoms with E-state index in [9.17, 15) is 14.4 Å². The summed E-state index contributed by atoms with van der Waals surface area (Å²) in [6.45, 7) is 3.58. The first-order valence-electron chi connectivity index (χ1n) is 9.30. The predicted molar refractivity (Wildman–Crippen MR) is 104 cm³/mol. The van der Waals surface area contributed by atoms with Crippen LogP contribution in [0.1, 0.15) is 86.9 Å². The second kappa shape index (κ2) is 17.0. The normalized spacial score (nSPS) is 12.7. The molecule has 6 nitrogen and oxygen atoms in total. The van der Waals surface area contributed by atoms with E-state index < -0.39 is 12.1 Å². The second-order valence-electron chi connectivity index (χ2n) is 6.55. The highest BCUT2D eigenvalue weighted by molar-refractivity contribution is 5.78. The molecule has 0 aliphatic rings. The molecule has 0 aliphatic heterocycles. The molecule has 2 unspecified atom stereocenters. The van der Waals surface area contributed by atoms with E-state index in [1.165, 1.54) is 7.11 Å². The number of unbranched alkanes of at least 4 members (excludes halogenated alkanes) is 5. The third-order valence-corrected chi connectivity index (χ3v) is 4.39. The molecule has 0 radical (unpaired) electrons. The highest BCUT2D eigenvalue weighted by Crippen LogP contribution is 2.18. The standard InChI is InChI=1S/C19H34O6.CH4.H2/c1-15(20)17(12-10-14-25-19(23)16(2)24-3)11-8-6-4-5-7-9-13-18(21)22;;/h16-17H,4-14H2,1-3H3,(H,21,22);1H4;1H/i;;1+1. The van der Waals surface area contributed by atoms with Gasteiger partial charge in [-0.15, -0.1) is 0 Å². The van der Waals surface area contributed by atoms with E-state index in [1.54, 1.807) is 13.8 Å². The largest absolute Gasteiger partial charge is 0.481 e. The molecule has 6 heteroatoms. The lowest BCUT2D eigenvalue weighted by Gasteiger charge is -2.14. The lowest BCUT2D eigenvalue weighted by Crippen LogP contribution is -2.22. The Hall–Kier alpha value is -1.43. The number of carbonyl (C=O) groups is 3. The minimum Gasteiger partial charge on any atom is -0.481 e. The van der Waals surface area contributed by atoms with Crippen molar-refractivity contribution in [3.05, 3.63) is 0 Å². The highest BCUT2D eigenvalue weighted by Gasteiger charge is 2.16. The van der Waals surface area contributed by atoms with Gasteiger partial charge in [-0.2, -0.15) is 0 Å². The van der Waals surface area contributed by atoms with Crippen molar-refractivity contribution in [2.45, 2.75) is 91.6 Å². The van der Waals surface area contributed by atoms with Crippen molar-refractivity contribution < 1.29 is 30.4 Å². The van der Waals surface area contributed by atoms with Gasteiger partial charge in [0.1, 0.15) is 5.78 Å². The molecule has 0 aromatic heterocycles. The molecular formula is C20H40O6. The number of carbonyl (C=O) groups excluding carboxylic acids is 2. The molecule has 2 atom stereocenters. The number of esters is 1. The number of Topliss-reactive ketones (excluding diaryl/α,β-unsaturated/α-hetero) is 1. The van der Waals surface area contributed by atoms with Gasteiger partial charge in [0, 0.05) is 20.9 Å². The molecular weight excluding hydrogens is 336 g/mol. The van der Waals surface area contributed by atoms with Crippen molar-refractivity contribution >= 4 is 17.7 Å². The van der Waals surface area contributed by atoms with E-state index in [4.69, 9.17) is 14.6 Å². The van der Waals surface area contributed by atoms with Crippen LogP contribution in [0.3, 0.4) is 0 Å². The van der Waals surface area contributed by atoms with Crippen molar-refractivity contribution in [3.63, 3.8) is 0 Å². The van der Waals surface area contributed by atoms with E-state index >= 15 is 0 Å². The first-order valence-corrected chi connectivity index (χ1v) is 9.30. The Morgan fingerprint density at radius 1 is 0.962 bits per heavy atom. The Labute approximate surface area is 160 Å². The van der Waals surface area contributed by atoms with Crippen LogP contribution in [-0.4, -0.2) is 42.6 Å². The van der Waals surface area contributed by atoms with Crippen molar-refractivity contribution in [2.75, 3.05) is 13.7 Å². The van der Waals surface area contributed by atoms with Crippen LogP contribution in [0.2, 0.25) is 0 Å². The fourth-order valence-electron chi connectivity index (χ4n) is 2.64. The van der Waals surface area contributed by atoms with Crippen LogP contribution in [0.25, 0.3) is 0 Å². The predicted octanol–water partition coefficient (Wildman–Crippen LogP) is 4.64. The van der Waals surface area contributed by atoms with Gasteiger partial charge in [-0.25, -0.2) is 4.79 Å². The number of hydrogen-bond donors (Lipinski definition) is 1. The van der Waals surface area contributed by atoms with Gasteiger partial charge in [-0.1, -0.05) is 39.5 Å². The number of rotatable bonds is 16. The zero-order valence-electron chi connectivity index (χ0n) is 15.9. The van der Waals surface area contributed by atoms with Crippen molar-refractivity contribution in [1.82, 2.24) is 0 Å². The van der Waals surface area contributed by atoms with E-state index in [-0.39, 0.29) is 32.9 Å². The molecule has 1 N–H and O–H groups in total. The molecule has 0 heterocycles. The summed E-state index contributed by atoms with van der Waals surface area (Å²) < 4.78 is 9.99. The lowest BCUT2D eigenvalue weighted by atomic mass is 9.92. The van der Waals surface area contributed by atoms with Gasteiger partial charge in [0.2, 0.25) is 0 Å². The van der Waals surface area contributed by atoms with E-state index in [2.05, 4.69) is 0 Å². The molecule has 0 aromatic rings. The number of methoxy groups -OCH3 is 1. The van der Waals surface area contributed by atoms with E-state index in [1.807, 2.05) is 0 Å². The van der Waals surface area contributed by atoms with Crippen LogP contribution in [-0.2, 0) is 23.9 Å². The van der Waals surface area contributed by atoms with Crippen LogP contribution in [0.15, 0.2) is 0 Å². The first-order chi connectivity index (χ1) is 11.9. The van der Waals surface area contributed by atoms with Gasteiger partial charge in [-0.05, 0) is 39.5 Å². The molecule has 0 bridgehead atoms. The average Bonchev–Trinajstić information content (AvgIpc) is 2.57. The Balaban J connectivity index is -0.00000288. The number of hydrogen-bond acceptors (Lipinski definition) is 5. The Bertz CT molecular complexity index is 400. The number of ether oxygens (including phenoxy) is 2. The second-order valence-corrected chi connectivity index (χ2v) is 6.55. The first kappa shape index (κ1) is 26.8. The lowest BCUT2D eigenvalue weighted by molar-refractivity contribution is -0.154. The number of carboxylic acid groups (broad SMARTS) is 1. The van der Waals surface area contributed by atoms with Gasteiger partial charge in [-0.3, -0.25) is 9.59 Å². The summed E-state index contributed by atoms with van der Waals surface area (Å²) in [6.07, 6.45) is 7.87. The van der Waals surface area contributed by atoms with Gasteiger partial charge in [0.25, 0.3) is 0 Å². The van der Waals surface area contributed by atoms with E-state index in [0.717, 1.165) is 51.4 Å². The topological polar surface area (TPSA) is 89.9 Å². The minimum atomic E-state index is -0.730. The minimum absolute atomic E-state index is 0. The molecule has 0 saturated carbocycles. The third kappa shape index (κ3) is 14.9. The molecule has 26 heavy (non-hydrogen) atoms. The highest BCUT2D eigenvalue weighted by atomic mass is 16.6. The molecule has 0 saturated heterocycles. The van der Waals surface area contributed by atoms with Crippen molar-refractivity contribution in [1.29, 1.82) is 0 Å². The number of ketones is 1. The van der Waals surface area contributed by atoms with Crippen molar-refractivity contribution in [2.24, 2.45) is 5.92 Å². The fourth-order valence-corrected chi connectivity index (χ4v) is 2.64. The van der Waals surface area contributed by atoms with Crippen LogP contribution in [0.4, 0.5) is 0 Å². The molecule has 0 rings (SSSR count). The maximum absolute atomic E-state index is 11.7. The Kier molecular flexibility index (Phi) is 17.5. The summed E-state index contributed by atoms with van der Waals surface area (Å²) in [5.41, 5.74) is 0. The molecule has 0 amide bonds. The third-order valence-electron chi connectivity index (χ3n) is 4.39. The van der Waals surface area contributed by atoms with Crippen molar-refractivity contribution in [3.8, 4) is 0 Å². The average molecular weight is 378 g/mol. The summed E-state index contributed by atoms with van der Waals surface area (Å²) in [6, 6.07) is 0. The summed E-state index contributed by atoms with van der Waals surface area (Å²) >= 11 is 0. The molecule has 156 valence electrons. The molecule has 0 fully saturated rings. The number of carboxylic acids is 1. The zero-order chi connectivity index (χ0) is 19.1. The smallest absolute Gasteiger partial charge is 0.334 e. The van der Waals surface area contributed by atoms with Gasteiger partial charge < -0.3 is 14.6 Å². The summed E-state index contributed by atoms with van der Waals surface area (Å²) in [4.78, 5) is 33.6. The summed E-state index contributed by atoms with van der Waals surface area (Å²) in [5, 5.41) is 8.56. The maximum Gasteiger partial charge on any atom is 0.334 e. The summed E-state index contributed by atoms with van der Waals surface area (Å²) in [5.74, 6) is -0.875. The van der Waals surface area contributed by atoms with E-state index in [0.29, 0.717) is 13.0 Å². The quantitative estimate of drug-likeness (QED) is 0.311. The van der Waals surface area contributed by atoms with Gasteiger partial charge in [0.15, 0.2) is 6.10 Å². The zero-order valence-corrected chi connectivity index (χ0v) is 15.9. The van der Waals surface area contributed by atoms with Crippen LogP contribution in [0, 0.1) is 5.92 Å². The SMILES string of the molecule is C.COC(C)C(=O)OCCCC(CCCCCCCCC(=O)O)C(C)=O.[2HH]. The molecule has 0 aliphatic carbocycles. The van der Waals surface area contributed by atoms with Crippen LogP contribution < -0.4 is 0 Å². The molecule has 0 spiro atoms. The molecule has 0 aromatic carbocycles. The van der Waals surface area contributed by atoms with Gasteiger partial charge >= 0.3 is 11.9 Å². The maximum atomic E-state index is 11.7. The van der Waals surface area contributed by atoms with Gasteiger partial charge in [0.05, 0.1) is 6.61 Å². The Morgan fingerprint density at radius 3 is 2.04 bits per heavy atom. The Morgan fingerprint density at radius 2 is 1.50 bits per heavy atom. The monoisotopic (exact) mass is 377 g/mol. The van der Waals surface area contributed by atoms with Crippen LogP contribution >= 0.6 is 0 Å². The fraction of sp³-hybridized carbons (Fsp3) is 0.850. The summed E-state index contributed by atoms with van der Waals surface area (Å²) in [7, 11) is 1.46.